The van der Waals surface area contributed by atoms with E-state index in [1.54, 1.807) is 0 Å². The lowest BCUT2D eigenvalue weighted by atomic mass is 10.2. The van der Waals surface area contributed by atoms with Crippen LogP contribution in [0, 0.1) is 6.92 Å². The maximum Gasteiger partial charge on any atom is 0.226 e. The van der Waals surface area contributed by atoms with Gasteiger partial charge in [-0.1, -0.05) is 32.0 Å². The lowest BCUT2D eigenvalue weighted by Gasteiger charge is -2.13. The number of hydrogen-bond donors (Lipinski definition) is 1. The molecule has 0 saturated carbocycles. The molecule has 22 heavy (non-hydrogen) atoms. The van der Waals surface area contributed by atoms with Crippen molar-refractivity contribution in [1.29, 1.82) is 0 Å². The van der Waals surface area contributed by atoms with E-state index in [1.807, 2.05) is 44.2 Å². The molecule has 0 aliphatic rings. The molecule has 0 radical (unpaired) electrons. The molecule has 1 unspecified atom stereocenters. The van der Waals surface area contributed by atoms with E-state index in [9.17, 15) is 0 Å². The van der Waals surface area contributed by atoms with Crippen LogP contribution in [0.5, 0.6) is 0 Å². The second-order valence-electron chi connectivity index (χ2n) is 5.77. The lowest BCUT2D eigenvalue weighted by molar-refractivity contribution is 0.524. The Morgan fingerprint density at radius 3 is 2.55 bits per heavy atom. The average Bonchev–Trinajstić information content (AvgIpc) is 2.90. The highest BCUT2D eigenvalue weighted by molar-refractivity contribution is 5.77. The molecule has 0 bridgehead atoms. The Morgan fingerprint density at radius 1 is 1.05 bits per heavy atom. The maximum absolute atomic E-state index is 5.88. The van der Waals surface area contributed by atoms with Crippen molar-refractivity contribution in [1.82, 2.24) is 15.0 Å². The highest BCUT2D eigenvalue weighted by Gasteiger charge is 2.14. The molecular formula is C17H20N4O. The molecule has 5 nitrogen and oxygen atoms in total. The number of hydrogen-bond acceptors (Lipinski definition) is 5. The molecule has 1 aromatic carbocycles. The molecular weight excluding hydrogens is 276 g/mol. The van der Waals surface area contributed by atoms with Crippen molar-refractivity contribution < 1.29 is 4.42 Å². The van der Waals surface area contributed by atoms with E-state index in [0.717, 1.165) is 28.4 Å². The number of anilines is 1. The van der Waals surface area contributed by atoms with E-state index >= 15 is 0 Å². The van der Waals surface area contributed by atoms with Crippen LogP contribution in [0.25, 0.3) is 11.0 Å². The van der Waals surface area contributed by atoms with Crippen LogP contribution >= 0.6 is 0 Å². The molecule has 0 aliphatic heterocycles. The van der Waals surface area contributed by atoms with Gasteiger partial charge in [-0.05, 0) is 26.0 Å². The summed E-state index contributed by atoms with van der Waals surface area (Å²) in [5.41, 5.74) is 0.890. The molecule has 3 aromatic rings. The number of nitrogens with zero attached hydrogens (tertiary/aromatic N) is 3. The first kappa shape index (κ1) is 14.5. The van der Waals surface area contributed by atoms with Gasteiger partial charge in [0.05, 0.1) is 6.04 Å². The van der Waals surface area contributed by atoms with Crippen molar-refractivity contribution in [3.05, 3.63) is 47.7 Å². The van der Waals surface area contributed by atoms with Crippen molar-refractivity contribution >= 4 is 16.9 Å². The molecule has 5 heteroatoms. The van der Waals surface area contributed by atoms with Gasteiger partial charge in [-0.3, -0.25) is 0 Å². The number of benzene rings is 1. The minimum absolute atomic E-state index is 0.0192. The standard InChI is InChI=1S/C17H20N4O/c1-10(2)16-19-12(4)20-17(21-16)18-11(3)15-9-13-7-5-6-8-14(13)22-15/h5-11H,1-4H3,(H,18,19,20,21). The molecule has 0 amide bonds. The number of fused-ring (bicyclic) bond motifs is 1. The van der Waals surface area contributed by atoms with Gasteiger partial charge in [-0.25, -0.2) is 4.98 Å². The number of para-hydroxylation sites is 1. The normalized spacial score (nSPS) is 12.8. The summed E-state index contributed by atoms with van der Waals surface area (Å²) in [4.78, 5) is 13.2. The Balaban J connectivity index is 1.85. The zero-order chi connectivity index (χ0) is 15.7. The molecule has 0 fully saturated rings. The van der Waals surface area contributed by atoms with Gasteiger partial charge in [0.15, 0.2) is 0 Å². The number of rotatable bonds is 4. The second-order valence-corrected chi connectivity index (χ2v) is 5.77. The van der Waals surface area contributed by atoms with E-state index in [1.165, 1.54) is 0 Å². The van der Waals surface area contributed by atoms with Crippen molar-refractivity contribution in [2.24, 2.45) is 0 Å². The zero-order valence-electron chi connectivity index (χ0n) is 13.3. The predicted molar refractivity (Wildman–Crippen MR) is 86.9 cm³/mol. The monoisotopic (exact) mass is 296 g/mol. The molecule has 114 valence electrons. The third-order valence-corrected chi connectivity index (χ3v) is 3.50. The van der Waals surface area contributed by atoms with Crippen LogP contribution in [-0.4, -0.2) is 15.0 Å². The van der Waals surface area contributed by atoms with Gasteiger partial charge >= 0.3 is 0 Å². The van der Waals surface area contributed by atoms with E-state index in [4.69, 9.17) is 4.42 Å². The average molecular weight is 296 g/mol. The van der Waals surface area contributed by atoms with E-state index < -0.39 is 0 Å². The van der Waals surface area contributed by atoms with Gasteiger partial charge in [0.25, 0.3) is 0 Å². The van der Waals surface area contributed by atoms with E-state index in [2.05, 4.69) is 34.1 Å². The van der Waals surface area contributed by atoms with Crippen LogP contribution in [-0.2, 0) is 0 Å². The summed E-state index contributed by atoms with van der Waals surface area (Å²) in [6.07, 6.45) is 0. The lowest BCUT2D eigenvalue weighted by Crippen LogP contribution is -2.12. The Kier molecular flexibility index (Phi) is 3.79. The first-order valence-electron chi connectivity index (χ1n) is 7.50. The third kappa shape index (κ3) is 2.93. The SMILES string of the molecule is Cc1nc(NC(C)c2cc3ccccc3o2)nc(C(C)C)n1. The summed E-state index contributed by atoms with van der Waals surface area (Å²) >= 11 is 0. The minimum Gasteiger partial charge on any atom is -0.459 e. The highest BCUT2D eigenvalue weighted by Crippen LogP contribution is 2.25. The summed E-state index contributed by atoms with van der Waals surface area (Å²) in [5, 5.41) is 4.40. The molecule has 0 aliphatic carbocycles. The molecule has 1 atom stereocenters. The van der Waals surface area contributed by atoms with Crippen molar-refractivity contribution in [2.45, 2.75) is 39.7 Å². The quantitative estimate of drug-likeness (QED) is 0.780. The van der Waals surface area contributed by atoms with Crippen LogP contribution in [0.15, 0.2) is 34.7 Å². The third-order valence-electron chi connectivity index (χ3n) is 3.50. The minimum atomic E-state index is -0.0192. The molecule has 2 heterocycles. The zero-order valence-corrected chi connectivity index (χ0v) is 13.3. The smallest absolute Gasteiger partial charge is 0.226 e. The predicted octanol–water partition coefficient (Wildman–Crippen LogP) is 4.22. The van der Waals surface area contributed by atoms with Crippen LogP contribution in [0.4, 0.5) is 5.95 Å². The van der Waals surface area contributed by atoms with Crippen LogP contribution in [0.2, 0.25) is 0 Å². The molecule has 0 spiro atoms. The van der Waals surface area contributed by atoms with Crippen LogP contribution in [0.1, 0.15) is 50.1 Å². The molecule has 3 rings (SSSR count). The summed E-state index contributed by atoms with van der Waals surface area (Å²) in [6.45, 7) is 8.05. The second kappa shape index (κ2) is 5.75. The molecule has 0 saturated heterocycles. The first-order valence-corrected chi connectivity index (χ1v) is 7.50. The summed E-state index contributed by atoms with van der Waals surface area (Å²) in [7, 11) is 0. The van der Waals surface area contributed by atoms with Crippen LogP contribution in [0.3, 0.4) is 0 Å². The van der Waals surface area contributed by atoms with Gasteiger partial charge in [0.1, 0.15) is 23.0 Å². The Bertz CT molecular complexity index is 761. The largest absolute Gasteiger partial charge is 0.459 e. The maximum atomic E-state index is 5.88. The van der Waals surface area contributed by atoms with Crippen molar-refractivity contribution in [2.75, 3.05) is 5.32 Å². The van der Waals surface area contributed by atoms with Gasteiger partial charge in [0.2, 0.25) is 5.95 Å². The number of aryl methyl sites for hydroxylation is 1. The molecule has 1 N–H and O–H groups in total. The first-order chi connectivity index (χ1) is 10.5. The number of aromatic nitrogens is 3. The Hall–Kier alpha value is -2.43. The summed E-state index contributed by atoms with van der Waals surface area (Å²) in [6, 6.07) is 10.0. The van der Waals surface area contributed by atoms with E-state index in [-0.39, 0.29) is 12.0 Å². The Labute approximate surface area is 129 Å². The van der Waals surface area contributed by atoms with Gasteiger partial charge in [-0.2, -0.15) is 9.97 Å². The topological polar surface area (TPSA) is 63.8 Å². The molecule has 2 aromatic heterocycles. The summed E-state index contributed by atoms with van der Waals surface area (Å²) < 4.78 is 5.88. The van der Waals surface area contributed by atoms with Gasteiger partial charge < -0.3 is 9.73 Å². The number of nitrogens with one attached hydrogen (secondary N) is 1. The summed E-state index contributed by atoms with van der Waals surface area (Å²) in [5.74, 6) is 3.24. The fraction of sp³-hybridized carbons (Fsp3) is 0.353. The highest BCUT2D eigenvalue weighted by atomic mass is 16.3. The fourth-order valence-corrected chi connectivity index (χ4v) is 2.31. The Morgan fingerprint density at radius 2 is 1.82 bits per heavy atom. The fourth-order valence-electron chi connectivity index (χ4n) is 2.31. The van der Waals surface area contributed by atoms with Gasteiger partial charge in [-0.15, -0.1) is 0 Å². The van der Waals surface area contributed by atoms with Crippen LogP contribution < -0.4 is 5.32 Å². The van der Waals surface area contributed by atoms with Crippen molar-refractivity contribution in [3.8, 4) is 0 Å². The van der Waals surface area contributed by atoms with Crippen molar-refractivity contribution in [3.63, 3.8) is 0 Å². The van der Waals surface area contributed by atoms with E-state index in [0.29, 0.717) is 5.95 Å². The van der Waals surface area contributed by atoms with Gasteiger partial charge in [0, 0.05) is 11.3 Å². The number of furan rings is 1.